The van der Waals surface area contributed by atoms with Crippen molar-refractivity contribution in [3.8, 4) is 46.0 Å². The van der Waals surface area contributed by atoms with Gasteiger partial charge in [-0.3, -0.25) is 0 Å². The van der Waals surface area contributed by atoms with Crippen LogP contribution in [0.4, 0.5) is 0 Å². The molecule has 0 amide bonds. The van der Waals surface area contributed by atoms with E-state index in [2.05, 4.69) is 127 Å². The van der Waals surface area contributed by atoms with E-state index >= 15 is 0 Å². The standard InChI is InChI=1S/4C23H31NO5/c4*1-13-11-14(2)29-23(28-13)8-7-22(25)17-12-15-5-6-16(26-4)19-18(15)21(22,20(23)27-19)9-10-24(17)3/h4*5-6,13-14,17,20,25H,7-12H2,1-4H3/t2*13-,14+,17-,20?,21+,22?,23?;13-,14-,17+,20?,21-,22?;13-,14-,17-,20?,21+,22?/m1101/s1. The minimum Gasteiger partial charge on any atom is -0.493 e. The molecule has 12 aliphatic heterocycles. The van der Waals surface area contributed by atoms with Crippen LogP contribution in [-0.4, -0.2) is 266 Å². The van der Waals surface area contributed by atoms with E-state index in [1.807, 2.05) is 24.3 Å². The fourth-order valence-electron chi connectivity index (χ4n) is 29.5. The molecule has 0 radical (unpaired) electrons. The van der Waals surface area contributed by atoms with Gasteiger partial charge in [0.05, 0.1) is 121 Å². The minimum atomic E-state index is -0.864. The predicted molar refractivity (Wildman–Crippen MR) is 426 cm³/mol. The Morgan fingerprint density at radius 2 is 0.474 bits per heavy atom. The van der Waals surface area contributed by atoms with E-state index in [9.17, 15) is 20.4 Å². The number of piperidine rings is 4. The number of methoxy groups -OCH3 is 4. The van der Waals surface area contributed by atoms with Gasteiger partial charge in [0.15, 0.2) is 70.4 Å². The van der Waals surface area contributed by atoms with Gasteiger partial charge in [-0.25, -0.2) is 0 Å². The molecule has 24 heteroatoms. The Labute approximate surface area is 682 Å². The van der Waals surface area contributed by atoms with Crippen molar-refractivity contribution in [2.45, 2.75) is 348 Å². The van der Waals surface area contributed by atoms with Crippen LogP contribution in [0.1, 0.15) is 203 Å². The van der Waals surface area contributed by atoms with Gasteiger partial charge in [0.25, 0.3) is 0 Å². The molecular formula is C92H124N4O20. The van der Waals surface area contributed by atoms with Crippen molar-refractivity contribution in [1.82, 2.24) is 19.6 Å². The highest BCUT2D eigenvalue weighted by Gasteiger charge is 2.83. The number of nitrogens with zero attached hydrogens (tertiary/aromatic N) is 4. The maximum Gasteiger partial charge on any atom is 0.207 e. The van der Waals surface area contributed by atoms with E-state index in [4.69, 9.17) is 75.8 Å². The summed E-state index contributed by atoms with van der Waals surface area (Å²) in [5.74, 6) is 2.77. The smallest absolute Gasteiger partial charge is 0.207 e. The second-order valence-corrected chi connectivity index (χ2v) is 39.5. The van der Waals surface area contributed by atoms with Gasteiger partial charge in [0.2, 0.25) is 23.1 Å². The van der Waals surface area contributed by atoms with Gasteiger partial charge in [-0.15, -0.1) is 0 Å². The molecule has 8 bridgehead atoms. The van der Waals surface area contributed by atoms with Gasteiger partial charge in [-0.2, -0.15) is 0 Å². The Morgan fingerprint density at radius 1 is 0.284 bits per heavy atom. The predicted octanol–water partition coefficient (Wildman–Crippen LogP) is 9.56. The zero-order valence-electron chi connectivity index (χ0n) is 70.9. The maximum atomic E-state index is 12.3. The van der Waals surface area contributed by atoms with E-state index in [1.165, 1.54) is 22.3 Å². The van der Waals surface area contributed by atoms with Crippen molar-refractivity contribution in [1.29, 1.82) is 0 Å². The van der Waals surface area contributed by atoms with Gasteiger partial charge in [-0.1, -0.05) is 24.3 Å². The SMILES string of the molecule is COc1ccc2c3c1OC1C4(CCC5(O)[C@@H](C2)N(C)CC[C@]315)O[C@@H](C)C[C@H](C)O4.COc1ccc2c3c1OC1C4(CCC5(O)[C@@H](C2)N(C)CC[C@]315)O[C@H](C)C[C@@H](C)O4.COc1ccc2c3c1OC1C4(CCC5(O)[C@@H](C2)N(C)CC[C@]315)O[C@H](C)C[C@H](C)O4.COc1ccc2c3c1OC1C4(CCC5(O)[C@@H](C2)N(C)CC[C@]315)O[C@H](C)C[C@H](C)O4. The molecule has 24 nitrogen and oxygen atoms in total. The van der Waals surface area contributed by atoms with E-state index in [1.54, 1.807) is 28.4 Å². The molecule has 0 aromatic heterocycles. The van der Waals surface area contributed by atoms with Gasteiger partial charge in [-0.05, 0) is 259 Å². The molecule has 116 heavy (non-hydrogen) atoms. The third-order valence-electron chi connectivity index (χ3n) is 33.6. The monoisotopic (exact) mass is 1600 g/mol. The lowest BCUT2D eigenvalue weighted by Gasteiger charge is -2.66. The molecule has 8 aliphatic carbocycles. The molecule has 4 N–H and O–H groups in total. The Hall–Kier alpha value is -5.36. The van der Waals surface area contributed by atoms with Gasteiger partial charge < -0.3 is 116 Å². The van der Waals surface area contributed by atoms with E-state index in [0.717, 1.165) is 171 Å². The molecule has 4 saturated carbocycles. The van der Waals surface area contributed by atoms with Crippen LogP contribution in [-0.2, 0) is 85.2 Å². The fraction of sp³-hybridized carbons (Fsp3) is 0.739. The summed E-state index contributed by atoms with van der Waals surface area (Å²) in [5.41, 5.74) is 4.05. The fourth-order valence-corrected chi connectivity index (χ4v) is 29.5. The number of ether oxygens (including phenoxy) is 16. The highest BCUT2D eigenvalue weighted by Crippen LogP contribution is 2.74. The molecule has 4 aromatic rings. The number of aliphatic hydroxyl groups is 4. The first-order valence-electron chi connectivity index (χ1n) is 44.0. The Bertz CT molecular complexity index is 4020. The lowest BCUT2D eigenvalue weighted by Crippen LogP contribution is -2.80. The Balaban J connectivity index is 0.0000000966. The Morgan fingerprint density at radius 3 is 0.655 bits per heavy atom. The molecule has 632 valence electrons. The number of benzene rings is 4. The summed E-state index contributed by atoms with van der Waals surface area (Å²) >= 11 is 0. The van der Waals surface area contributed by atoms with Crippen molar-refractivity contribution in [2.75, 3.05) is 82.8 Å². The summed E-state index contributed by atoms with van der Waals surface area (Å²) in [5, 5.41) is 49.3. The summed E-state index contributed by atoms with van der Waals surface area (Å²) in [7, 11) is 15.3. The van der Waals surface area contributed by atoms with Crippen LogP contribution in [0.5, 0.6) is 46.0 Å². The van der Waals surface area contributed by atoms with Crippen LogP contribution >= 0.6 is 0 Å². The second-order valence-electron chi connectivity index (χ2n) is 39.5. The number of likely N-dealkylation sites (tertiary alicyclic amines) is 4. The molecule has 24 rings (SSSR count). The first kappa shape index (κ1) is 77.9. The van der Waals surface area contributed by atoms with Crippen molar-refractivity contribution in [3.63, 3.8) is 0 Å². The minimum absolute atomic E-state index is 0.0741. The van der Waals surface area contributed by atoms with Crippen LogP contribution in [0.15, 0.2) is 48.5 Å². The van der Waals surface area contributed by atoms with Crippen LogP contribution in [0.25, 0.3) is 0 Å². The van der Waals surface area contributed by atoms with E-state index in [-0.39, 0.29) is 97.4 Å². The number of hydrogen-bond acceptors (Lipinski definition) is 24. The summed E-state index contributed by atoms with van der Waals surface area (Å²) < 4.78 is 102. The van der Waals surface area contributed by atoms with Gasteiger partial charge >= 0.3 is 0 Å². The number of fused-ring (bicyclic) bond motifs is 4. The Kier molecular flexibility index (Phi) is 17.5. The summed E-state index contributed by atoms with van der Waals surface area (Å²) in [6.45, 7) is 20.6. The van der Waals surface area contributed by atoms with E-state index in [0.29, 0.717) is 51.4 Å². The van der Waals surface area contributed by atoms with Crippen LogP contribution < -0.4 is 37.9 Å². The first-order chi connectivity index (χ1) is 55.4. The summed E-state index contributed by atoms with van der Waals surface area (Å²) in [4.78, 5) is 9.33. The van der Waals surface area contributed by atoms with Crippen LogP contribution in [0.3, 0.4) is 0 Å². The van der Waals surface area contributed by atoms with Crippen LogP contribution in [0.2, 0.25) is 0 Å². The highest BCUT2D eigenvalue weighted by molar-refractivity contribution is 5.68. The molecule has 8 spiro atoms. The number of hydrogen-bond donors (Lipinski definition) is 4. The topological polar surface area (TPSA) is 242 Å². The summed E-state index contributed by atoms with van der Waals surface area (Å²) in [6.07, 6.45) is 14.6. The van der Waals surface area contributed by atoms with Crippen molar-refractivity contribution in [2.24, 2.45) is 0 Å². The molecular weight excluding hydrogens is 1480 g/mol. The van der Waals surface area contributed by atoms with Gasteiger partial charge in [0, 0.05) is 72.1 Å². The molecule has 8 saturated heterocycles. The third-order valence-corrected chi connectivity index (χ3v) is 33.6. The second kappa shape index (κ2) is 26.1. The zero-order valence-corrected chi connectivity index (χ0v) is 70.9. The number of likely N-dealkylation sites (N-methyl/N-ethyl adjacent to an activating group) is 4. The number of rotatable bonds is 4. The highest BCUT2D eigenvalue weighted by atomic mass is 16.8. The lowest BCUT2D eigenvalue weighted by molar-refractivity contribution is -0.378. The normalized spacial score (nSPS) is 47.6. The van der Waals surface area contributed by atoms with Crippen molar-refractivity contribution < 1.29 is 96.2 Å². The summed E-state index contributed by atoms with van der Waals surface area (Å²) in [6, 6.07) is 16.9. The molecule has 10 unspecified atom stereocenters. The molecule has 26 atom stereocenters. The van der Waals surface area contributed by atoms with Crippen LogP contribution in [0, 0.1) is 0 Å². The molecule has 12 heterocycles. The van der Waals surface area contributed by atoms with Crippen molar-refractivity contribution >= 4 is 0 Å². The largest absolute Gasteiger partial charge is 0.493 e. The lowest BCUT2D eigenvalue weighted by atomic mass is 9.48. The third kappa shape index (κ3) is 9.79. The van der Waals surface area contributed by atoms with Crippen molar-refractivity contribution in [3.05, 3.63) is 93.0 Å². The van der Waals surface area contributed by atoms with Gasteiger partial charge in [0.1, 0.15) is 0 Å². The zero-order chi connectivity index (χ0) is 80.7. The average molecular weight is 1610 g/mol. The molecule has 4 aromatic carbocycles. The molecule has 20 aliphatic rings. The quantitative estimate of drug-likeness (QED) is 0.149. The average Bonchev–Trinajstić information content (AvgIpc) is 1.46. The molecule has 12 fully saturated rings. The van der Waals surface area contributed by atoms with E-state index < -0.39 is 67.2 Å². The first-order valence-corrected chi connectivity index (χ1v) is 44.0. The maximum absolute atomic E-state index is 12.3.